The van der Waals surface area contributed by atoms with Crippen molar-refractivity contribution in [1.82, 2.24) is 9.62 Å². The fourth-order valence-corrected chi connectivity index (χ4v) is 2.63. The zero-order chi connectivity index (χ0) is 14.8. The molecule has 0 saturated carbocycles. The third kappa shape index (κ3) is 3.02. The van der Waals surface area contributed by atoms with Crippen LogP contribution in [0.1, 0.15) is 23.9 Å². The molecule has 1 aliphatic rings. The molecule has 112 valence electrons. The van der Waals surface area contributed by atoms with Crippen LogP contribution in [0.3, 0.4) is 0 Å². The molecule has 0 unspecified atom stereocenters. The van der Waals surface area contributed by atoms with Crippen molar-refractivity contribution in [3.8, 4) is 0 Å². The van der Waals surface area contributed by atoms with E-state index in [4.69, 9.17) is 9.15 Å². The summed E-state index contributed by atoms with van der Waals surface area (Å²) in [6, 6.07) is 2.65. The number of ether oxygens (including phenoxy) is 1. The standard InChI is InChI=1S/C12H18N2O5S/c1-3-9-8-14(6-7-18-9)12(15)10-4-5-11(19-10)20(16,17)13-2/h4-5,9,13H,3,6-8H2,1-2H3/t9-/m0/s1. The number of carbonyl (C=O) groups is 1. The highest BCUT2D eigenvalue weighted by atomic mass is 32.2. The molecular formula is C12H18N2O5S. The molecule has 2 rings (SSSR count). The summed E-state index contributed by atoms with van der Waals surface area (Å²) >= 11 is 0. The molecule has 1 N–H and O–H groups in total. The van der Waals surface area contributed by atoms with E-state index in [1.54, 1.807) is 4.90 Å². The zero-order valence-corrected chi connectivity index (χ0v) is 12.3. The van der Waals surface area contributed by atoms with E-state index in [-0.39, 0.29) is 22.9 Å². The maximum atomic E-state index is 12.3. The minimum Gasteiger partial charge on any atom is -0.438 e. The maximum absolute atomic E-state index is 12.3. The largest absolute Gasteiger partial charge is 0.438 e. The fraction of sp³-hybridized carbons (Fsp3) is 0.583. The van der Waals surface area contributed by atoms with Crippen LogP contribution >= 0.6 is 0 Å². The number of morpholine rings is 1. The Morgan fingerprint density at radius 3 is 2.90 bits per heavy atom. The van der Waals surface area contributed by atoms with E-state index in [1.807, 2.05) is 6.92 Å². The van der Waals surface area contributed by atoms with Crippen LogP contribution in [0.25, 0.3) is 0 Å². The minimum absolute atomic E-state index is 0.0168. The highest BCUT2D eigenvalue weighted by molar-refractivity contribution is 7.89. The summed E-state index contributed by atoms with van der Waals surface area (Å²) in [7, 11) is -2.38. The topological polar surface area (TPSA) is 88.9 Å². The van der Waals surface area contributed by atoms with Gasteiger partial charge in [0, 0.05) is 13.1 Å². The number of sulfonamides is 1. The zero-order valence-electron chi connectivity index (χ0n) is 11.5. The van der Waals surface area contributed by atoms with Crippen LogP contribution in [0.2, 0.25) is 0 Å². The average molecular weight is 302 g/mol. The van der Waals surface area contributed by atoms with Crippen LogP contribution in [0.15, 0.2) is 21.6 Å². The van der Waals surface area contributed by atoms with E-state index in [0.717, 1.165) is 6.42 Å². The lowest BCUT2D eigenvalue weighted by atomic mass is 10.2. The van der Waals surface area contributed by atoms with Crippen LogP contribution in [-0.4, -0.2) is 52.1 Å². The Morgan fingerprint density at radius 1 is 1.50 bits per heavy atom. The van der Waals surface area contributed by atoms with E-state index in [2.05, 4.69) is 4.72 Å². The molecule has 7 nitrogen and oxygen atoms in total. The van der Waals surface area contributed by atoms with E-state index in [0.29, 0.717) is 19.7 Å². The summed E-state index contributed by atoms with van der Waals surface area (Å²) in [5.41, 5.74) is 0. The molecule has 0 radical (unpaired) electrons. The second-order valence-corrected chi connectivity index (χ2v) is 6.30. The lowest BCUT2D eigenvalue weighted by molar-refractivity contribution is -0.0236. The molecule has 1 aromatic heterocycles. The first-order valence-corrected chi connectivity index (χ1v) is 7.90. The molecule has 0 aliphatic carbocycles. The van der Waals surface area contributed by atoms with Crippen molar-refractivity contribution >= 4 is 15.9 Å². The van der Waals surface area contributed by atoms with Gasteiger partial charge in [-0.25, -0.2) is 13.1 Å². The number of amides is 1. The van der Waals surface area contributed by atoms with Crippen LogP contribution in [0, 0.1) is 0 Å². The van der Waals surface area contributed by atoms with Crippen molar-refractivity contribution in [2.24, 2.45) is 0 Å². The van der Waals surface area contributed by atoms with Gasteiger partial charge in [-0.1, -0.05) is 6.92 Å². The van der Waals surface area contributed by atoms with Crippen molar-refractivity contribution in [3.05, 3.63) is 17.9 Å². The van der Waals surface area contributed by atoms with Gasteiger partial charge in [-0.15, -0.1) is 0 Å². The third-order valence-electron chi connectivity index (χ3n) is 3.21. The minimum atomic E-state index is -3.67. The Balaban J connectivity index is 2.14. The second kappa shape index (κ2) is 5.94. The number of hydrogen-bond acceptors (Lipinski definition) is 5. The summed E-state index contributed by atoms with van der Waals surface area (Å²) in [4.78, 5) is 13.9. The van der Waals surface area contributed by atoms with E-state index in [1.165, 1.54) is 19.2 Å². The average Bonchev–Trinajstić information content (AvgIpc) is 2.97. The van der Waals surface area contributed by atoms with Crippen molar-refractivity contribution < 1.29 is 22.4 Å². The quantitative estimate of drug-likeness (QED) is 0.871. The molecule has 1 amide bonds. The van der Waals surface area contributed by atoms with Crippen LogP contribution in [0.4, 0.5) is 0 Å². The van der Waals surface area contributed by atoms with Crippen molar-refractivity contribution in [2.75, 3.05) is 26.7 Å². The SMILES string of the molecule is CC[C@H]1CN(C(=O)c2ccc(S(=O)(=O)NC)o2)CCO1. The summed E-state index contributed by atoms with van der Waals surface area (Å²) in [5, 5.41) is -0.261. The number of hydrogen-bond donors (Lipinski definition) is 1. The third-order valence-corrected chi connectivity index (χ3v) is 4.49. The second-order valence-electron chi connectivity index (χ2n) is 4.48. The Kier molecular flexibility index (Phi) is 4.46. The van der Waals surface area contributed by atoms with E-state index >= 15 is 0 Å². The summed E-state index contributed by atoms with van der Waals surface area (Å²) in [6.45, 7) is 3.43. The van der Waals surface area contributed by atoms with Crippen LogP contribution in [-0.2, 0) is 14.8 Å². The molecule has 1 atom stereocenters. The molecule has 2 heterocycles. The Labute approximate surface area is 117 Å². The van der Waals surface area contributed by atoms with Crippen molar-refractivity contribution in [2.45, 2.75) is 24.5 Å². The van der Waals surface area contributed by atoms with Gasteiger partial charge >= 0.3 is 0 Å². The van der Waals surface area contributed by atoms with Gasteiger partial charge < -0.3 is 14.1 Å². The number of nitrogens with zero attached hydrogens (tertiary/aromatic N) is 1. The van der Waals surface area contributed by atoms with E-state index in [9.17, 15) is 13.2 Å². The van der Waals surface area contributed by atoms with Gasteiger partial charge in [-0.2, -0.15) is 0 Å². The predicted molar refractivity (Wildman–Crippen MR) is 70.9 cm³/mol. The van der Waals surface area contributed by atoms with Gasteiger partial charge in [0.05, 0.1) is 12.7 Å². The highest BCUT2D eigenvalue weighted by Crippen LogP contribution is 2.17. The lowest BCUT2D eigenvalue weighted by Gasteiger charge is -2.31. The van der Waals surface area contributed by atoms with Crippen LogP contribution in [0.5, 0.6) is 0 Å². The molecule has 20 heavy (non-hydrogen) atoms. The fourth-order valence-electron chi connectivity index (χ4n) is 1.99. The molecule has 0 bridgehead atoms. The molecule has 1 fully saturated rings. The summed E-state index contributed by atoms with van der Waals surface area (Å²) < 4.78 is 35.9. The predicted octanol–water partition coefficient (Wildman–Crippen LogP) is 0.439. The van der Waals surface area contributed by atoms with Crippen molar-refractivity contribution in [1.29, 1.82) is 0 Å². The molecule has 0 aromatic carbocycles. The first-order chi connectivity index (χ1) is 9.47. The summed E-state index contributed by atoms with van der Waals surface area (Å²) in [6.07, 6.45) is 0.838. The van der Waals surface area contributed by atoms with Gasteiger partial charge in [0.15, 0.2) is 5.76 Å². The first kappa shape index (κ1) is 15.0. The monoisotopic (exact) mass is 302 g/mol. The van der Waals surface area contributed by atoms with Gasteiger partial charge in [0.1, 0.15) is 0 Å². The molecule has 1 aliphatic heterocycles. The van der Waals surface area contributed by atoms with Crippen molar-refractivity contribution in [3.63, 3.8) is 0 Å². The normalized spacial score (nSPS) is 20.1. The van der Waals surface area contributed by atoms with Crippen LogP contribution < -0.4 is 4.72 Å². The first-order valence-electron chi connectivity index (χ1n) is 6.42. The number of furan rings is 1. The van der Waals surface area contributed by atoms with Gasteiger partial charge in [0.2, 0.25) is 5.09 Å². The Bertz CT molecular complexity index is 580. The maximum Gasteiger partial charge on any atom is 0.289 e. The molecule has 1 saturated heterocycles. The Hall–Kier alpha value is -1.38. The highest BCUT2D eigenvalue weighted by Gasteiger charge is 2.27. The van der Waals surface area contributed by atoms with E-state index < -0.39 is 10.0 Å². The molecule has 8 heteroatoms. The Morgan fingerprint density at radius 2 is 2.25 bits per heavy atom. The van der Waals surface area contributed by atoms with Gasteiger partial charge in [-0.3, -0.25) is 4.79 Å². The van der Waals surface area contributed by atoms with Gasteiger partial charge in [-0.05, 0) is 25.6 Å². The lowest BCUT2D eigenvalue weighted by Crippen LogP contribution is -2.45. The number of rotatable bonds is 4. The van der Waals surface area contributed by atoms with Gasteiger partial charge in [0.25, 0.3) is 15.9 Å². The number of carbonyl (C=O) groups excluding carboxylic acids is 1. The molecule has 1 aromatic rings. The summed E-state index contributed by atoms with van der Waals surface area (Å²) in [5.74, 6) is -0.292. The molecule has 0 spiro atoms. The molecular weight excluding hydrogens is 284 g/mol. The number of nitrogens with one attached hydrogen (secondary N) is 1. The smallest absolute Gasteiger partial charge is 0.289 e.